The number of carbonyl (C=O) groups excluding carboxylic acids is 2. The van der Waals surface area contributed by atoms with Crippen LogP contribution in [0.5, 0.6) is 0 Å². The van der Waals surface area contributed by atoms with E-state index in [1.165, 1.54) is 0 Å². The summed E-state index contributed by atoms with van der Waals surface area (Å²) in [6.07, 6.45) is -2.31. The Morgan fingerprint density at radius 2 is 1.81 bits per heavy atom. The number of alkyl halides is 3. The van der Waals surface area contributed by atoms with E-state index in [1.54, 1.807) is 9.80 Å². The fourth-order valence-electron chi connectivity index (χ4n) is 5.38. The van der Waals surface area contributed by atoms with Crippen LogP contribution in [0.4, 0.5) is 18.0 Å². The van der Waals surface area contributed by atoms with Crippen molar-refractivity contribution in [2.45, 2.75) is 48.3 Å². The van der Waals surface area contributed by atoms with Crippen LogP contribution in [0.15, 0.2) is 29.2 Å². The number of carbonyl (C=O) groups is 2. The second kappa shape index (κ2) is 6.83. The Morgan fingerprint density at radius 3 is 2.41 bits per heavy atom. The maximum Gasteiger partial charge on any atom is 0.416 e. The van der Waals surface area contributed by atoms with Crippen molar-refractivity contribution < 1.29 is 34.0 Å². The van der Waals surface area contributed by atoms with Crippen LogP contribution in [0.1, 0.15) is 34.1 Å². The van der Waals surface area contributed by atoms with Gasteiger partial charge in [-0.3, -0.25) is 4.79 Å². The lowest BCUT2D eigenvalue weighted by atomic mass is 9.61. The van der Waals surface area contributed by atoms with Crippen LogP contribution >= 0.6 is 0 Å². The molecule has 3 aliphatic heterocycles. The molecule has 8 nitrogen and oxygen atoms in total. The van der Waals surface area contributed by atoms with Gasteiger partial charge in [0.05, 0.1) is 16.0 Å². The molecule has 2 N–H and O–H groups in total. The van der Waals surface area contributed by atoms with Gasteiger partial charge in [-0.2, -0.15) is 13.2 Å². The second-order valence-electron chi connectivity index (χ2n) is 9.58. The summed E-state index contributed by atoms with van der Waals surface area (Å²) in [4.78, 5) is 27.0. The highest BCUT2D eigenvalue weighted by Crippen LogP contribution is 2.49. The molecular formula is C20H27F3N4O4S. The number of urea groups is 1. The van der Waals surface area contributed by atoms with E-state index < -0.39 is 26.7 Å². The Kier molecular flexibility index (Phi) is 4.59. The Hall–Kier alpha value is -2.34. The Balaban J connectivity index is 0.00000162. The highest BCUT2D eigenvalue weighted by Gasteiger charge is 2.57. The summed E-state index contributed by atoms with van der Waals surface area (Å²) in [5, 5.41) is 2.94. The Bertz CT molecular complexity index is 1080. The van der Waals surface area contributed by atoms with Crippen molar-refractivity contribution in [1.29, 1.82) is 0 Å². The molecule has 3 amide bonds. The monoisotopic (exact) mass is 476 g/mol. The molecule has 0 aromatic heterocycles. The Labute approximate surface area is 186 Å². The molecule has 12 heteroatoms. The molecular weight excluding hydrogens is 449 g/mol. The molecule has 0 radical (unpaired) electrons. The molecule has 1 saturated carbocycles. The smallest absolute Gasteiger partial charge is 0.347 e. The van der Waals surface area contributed by atoms with Crippen LogP contribution in [0.3, 0.4) is 0 Å². The average molecular weight is 477 g/mol. The van der Waals surface area contributed by atoms with E-state index in [1.807, 2.05) is 0 Å². The van der Waals surface area contributed by atoms with Crippen LogP contribution in [-0.4, -0.2) is 67.9 Å². The molecule has 4 aliphatic rings. The largest absolute Gasteiger partial charge is 0.416 e. The number of rotatable bonds is 3. The fraction of sp³-hybridized carbons (Fsp3) is 0.600. The molecule has 1 aromatic carbocycles. The Morgan fingerprint density at radius 1 is 1.16 bits per heavy atom. The summed E-state index contributed by atoms with van der Waals surface area (Å²) in [6, 6.07) is 3.24. The van der Waals surface area contributed by atoms with Crippen LogP contribution in [0.2, 0.25) is 0 Å². The predicted octanol–water partition coefficient (Wildman–Crippen LogP) is 2.02. The molecule has 2 spiro atoms. The van der Waals surface area contributed by atoms with Gasteiger partial charge in [0.15, 0.2) is 0 Å². The molecule has 3 saturated heterocycles. The number of nitrogens with zero attached hydrogens (tertiary/aromatic N) is 2. The number of hydrogen-bond acceptors (Lipinski definition) is 4. The maximum absolute atomic E-state index is 12.9. The van der Waals surface area contributed by atoms with Gasteiger partial charge < -0.3 is 15.1 Å². The second-order valence-corrected chi connectivity index (χ2v) is 11.3. The van der Waals surface area contributed by atoms with Crippen molar-refractivity contribution >= 4 is 22.0 Å². The molecule has 3 heterocycles. The molecule has 0 atom stereocenters. The van der Waals surface area contributed by atoms with Crippen molar-refractivity contribution in [2.75, 3.05) is 26.2 Å². The van der Waals surface area contributed by atoms with E-state index in [4.69, 9.17) is 0 Å². The lowest BCUT2D eigenvalue weighted by molar-refractivity contribution is -0.137. The van der Waals surface area contributed by atoms with Gasteiger partial charge in [-0.05, 0) is 37.5 Å². The van der Waals surface area contributed by atoms with Gasteiger partial charge in [-0.25, -0.2) is 17.9 Å². The van der Waals surface area contributed by atoms with Crippen molar-refractivity contribution in [3.8, 4) is 0 Å². The highest BCUT2D eigenvalue weighted by atomic mass is 32.2. The van der Waals surface area contributed by atoms with Crippen LogP contribution in [-0.2, 0) is 21.0 Å². The third-order valence-corrected chi connectivity index (χ3v) is 8.49. The van der Waals surface area contributed by atoms with Gasteiger partial charge in [0.2, 0.25) is 15.9 Å². The summed E-state index contributed by atoms with van der Waals surface area (Å²) in [5.74, 6) is 0.0214. The third-order valence-electron chi connectivity index (χ3n) is 6.97. The highest BCUT2D eigenvalue weighted by molar-refractivity contribution is 7.89. The van der Waals surface area contributed by atoms with E-state index in [9.17, 15) is 31.2 Å². The fourth-order valence-corrected chi connectivity index (χ4v) is 6.66. The first-order valence-corrected chi connectivity index (χ1v) is 11.9. The standard InChI is InChI=1S/C20H23F3N4O4S.2H2/c21-20(22,23)13-2-1-3-15(6-13)32(30,31)25-14-7-18(8-14)9-26(10-18)17(29)27-11-19(12-27)5-4-16(28)24-19;;/h1-3,6,14,25H,4-5,7-12H2,(H,24,28);2*1H. The first-order valence-electron chi connectivity index (χ1n) is 10.4. The number of hydrogen-bond donors (Lipinski definition) is 2. The zero-order valence-corrected chi connectivity index (χ0v) is 17.9. The zero-order chi connectivity index (χ0) is 22.9. The number of sulfonamides is 1. The molecule has 0 bridgehead atoms. The van der Waals surface area contributed by atoms with Gasteiger partial charge in [-0.15, -0.1) is 0 Å². The summed E-state index contributed by atoms with van der Waals surface area (Å²) in [6.45, 7) is 2.09. The van der Waals surface area contributed by atoms with Gasteiger partial charge >= 0.3 is 12.2 Å². The summed E-state index contributed by atoms with van der Waals surface area (Å²) in [7, 11) is -4.07. The van der Waals surface area contributed by atoms with E-state index in [-0.39, 0.29) is 31.8 Å². The van der Waals surface area contributed by atoms with Gasteiger partial charge in [0.1, 0.15) is 0 Å². The number of benzene rings is 1. The van der Waals surface area contributed by atoms with Crippen molar-refractivity contribution in [1.82, 2.24) is 19.8 Å². The lowest BCUT2D eigenvalue weighted by Crippen LogP contribution is -2.74. The summed E-state index contributed by atoms with van der Waals surface area (Å²) in [5.41, 5.74) is -1.41. The third kappa shape index (κ3) is 3.62. The zero-order valence-electron chi connectivity index (χ0n) is 17.1. The normalized spacial score (nSPS) is 24.2. The van der Waals surface area contributed by atoms with Gasteiger partial charge in [0, 0.05) is 46.9 Å². The predicted molar refractivity (Wildman–Crippen MR) is 110 cm³/mol. The van der Waals surface area contributed by atoms with E-state index in [0.29, 0.717) is 51.5 Å². The minimum absolute atomic E-state index is 0. The van der Waals surface area contributed by atoms with Crippen LogP contribution < -0.4 is 10.0 Å². The average Bonchev–Trinajstić information content (AvgIpc) is 3.02. The molecule has 1 aliphatic carbocycles. The summed E-state index contributed by atoms with van der Waals surface area (Å²) >= 11 is 0. The quantitative estimate of drug-likeness (QED) is 0.698. The van der Waals surface area contributed by atoms with Gasteiger partial charge in [0.25, 0.3) is 0 Å². The molecule has 0 unspecified atom stereocenters. The van der Waals surface area contributed by atoms with E-state index in [0.717, 1.165) is 24.6 Å². The van der Waals surface area contributed by atoms with Crippen molar-refractivity contribution in [3.05, 3.63) is 29.8 Å². The first-order chi connectivity index (χ1) is 14.9. The molecule has 1 aromatic rings. The number of halogens is 3. The van der Waals surface area contributed by atoms with Crippen LogP contribution in [0.25, 0.3) is 0 Å². The minimum atomic E-state index is -4.62. The van der Waals surface area contributed by atoms with Crippen molar-refractivity contribution in [3.63, 3.8) is 0 Å². The summed E-state index contributed by atoms with van der Waals surface area (Å²) < 4.78 is 66.1. The molecule has 5 rings (SSSR count). The number of likely N-dealkylation sites (tertiary alicyclic amines) is 2. The molecule has 4 fully saturated rings. The topological polar surface area (TPSA) is 98.8 Å². The SMILES string of the molecule is O=C1CCC2(CN(C(=O)N3CC4(CC(NS(=O)(=O)c5cccc(C(F)(F)F)c5)C4)C3)C2)N1.[HH].[HH]. The van der Waals surface area contributed by atoms with Crippen LogP contribution in [0, 0.1) is 5.41 Å². The first kappa shape index (κ1) is 21.5. The number of amides is 3. The number of nitrogens with one attached hydrogen (secondary N) is 2. The van der Waals surface area contributed by atoms with E-state index >= 15 is 0 Å². The van der Waals surface area contributed by atoms with Gasteiger partial charge in [-0.1, -0.05) is 6.07 Å². The van der Waals surface area contributed by atoms with Crippen molar-refractivity contribution in [2.24, 2.45) is 5.41 Å². The van der Waals surface area contributed by atoms with E-state index in [2.05, 4.69) is 10.0 Å². The molecule has 32 heavy (non-hydrogen) atoms. The molecule has 178 valence electrons. The maximum atomic E-state index is 12.9. The lowest BCUT2D eigenvalue weighted by Gasteiger charge is -2.60. The minimum Gasteiger partial charge on any atom is -0.347 e.